The van der Waals surface area contributed by atoms with Gasteiger partial charge in [-0.3, -0.25) is 9.69 Å². The van der Waals surface area contributed by atoms with Gasteiger partial charge in [0.15, 0.2) is 5.78 Å². The summed E-state index contributed by atoms with van der Waals surface area (Å²) >= 11 is 0. The SMILES string of the molecule is CC(C)N(CCC(=O)c1ccc2ccccc2c1)Cc1ccccc1.[Cl-]. The van der Waals surface area contributed by atoms with Crippen LogP contribution in [0.4, 0.5) is 0 Å². The molecule has 136 valence electrons. The number of hydrogen-bond donors (Lipinski definition) is 0. The van der Waals surface area contributed by atoms with E-state index in [-0.39, 0.29) is 18.2 Å². The lowest BCUT2D eigenvalue weighted by atomic mass is 10.0. The summed E-state index contributed by atoms with van der Waals surface area (Å²) in [7, 11) is 0. The highest BCUT2D eigenvalue weighted by atomic mass is 35.5. The predicted molar refractivity (Wildman–Crippen MR) is 105 cm³/mol. The zero-order valence-corrected chi connectivity index (χ0v) is 16.1. The number of benzene rings is 3. The lowest BCUT2D eigenvalue weighted by Crippen LogP contribution is -3.00. The Balaban J connectivity index is 0.00000243. The maximum atomic E-state index is 12.6. The van der Waals surface area contributed by atoms with Crippen molar-refractivity contribution in [2.75, 3.05) is 6.54 Å². The Hall–Kier alpha value is -2.16. The van der Waals surface area contributed by atoms with Gasteiger partial charge in [0.05, 0.1) is 0 Å². The van der Waals surface area contributed by atoms with Gasteiger partial charge in [-0.25, -0.2) is 0 Å². The molecule has 0 aromatic heterocycles. The van der Waals surface area contributed by atoms with Crippen LogP contribution in [-0.2, 0) is 6.54 Å². The van der Waals surface area contributed by atoms with Gasteiger partial charge in [0, 0.05) is 31.1 Å². The van der Waals surface area contributed by atoms with Crippen LogP contribution in [0.25, 0.3) is 10.8 Å². The second kappa shape index (κ2) is 9.51. The minimum absolute atomic E-state index is 0. The number of carbonyl (C=O) groups is 1. The third-order valence-corrected chi connectivity index (χ3v) is 4.66. The lowest BCUT2D eigenvalue weighted by Gasteiger charge is -2.26. The first-order valence-electron chi connectivity index (χ1n) is 8.93. The van der Waals surface area contributed by atoms with Crippen molar-refractivity contribution in [1.29, 1.82) is 0 Å². The first-order valence-corrected chi connectivity index (χ1v) is 8.93. The lowest BCUT2D eigenvalue weighted by molar-refractivity contribution is -0.0000134. The average molecular weight is 367 g/mol. The standard InChI is InChI=1S/C23H25NO.ClH/c1-18(2)24(17-19-8-4-3-5-9-19)15-14-23(25)22-13-12-20-10-6-7-11-21(20)16-22;/h3-13,16,18H,14-15,17H2,1-2H3;1H/p-1. The smallest absolute Gasteiger partial charge is 0.164 e. The molecule has 3 aromatic carbocycles. The van der Waals surface area contributed by atoms with Crippen molar-refractivity contribution in [3.8, 4) is 0 Å². The van der Waals surface area contributed by atoms with E-state index in [1.807, 2.05) is 36.4 Å². The molecule has 26 heavy (non-hydrogen) atoms. The fraction of sp³-hybridized carbons (Fsp3) is 0.261. The van der Waals surface area contributed by atoms with Crippen LogP contribution >= 0.6 is 0 Å². The fourth-order valence-corrected chi connectivity index (χ4v) is 3.09. The van der Waals surface area contributed by atoms with Crippen LogP contribution in [0.1, 0.15) is 36.2 Å². The van der Waals surface area contributed by atoms with Crippen LogP contribution in [0.15, 0.2) is 72.8 Å². The summed E-state index contributed by atoms with van der Waals surface area (Å²) < 4.78 is 0. The van der Waals surface area contributed by atoms with Crippen LogP contribution < -0.4 is 12.4 Å². The largest absolute Gasteiger partial charge is 1.00 e. The summed E-state index contributed by atoms with van der Waals surface area (Å²) in [5.74, 6) is 0.212. The van der Waals surface area contributed by atoms with Gasteiger partial charge < -0.3 is 12.4 Å². The number of Topliss-reactive ketones (excluding diaryl/α,β-unsaturated/α-hetero) is 1. The summed E-state index contributed by atoms with van der Waals surface area (Å²) in [6.07, 6.45) is 0.545. The summed E-state index contributed by atoms with van der Waals surface area (Å²) in [5.41, 5.74) is 2.09. The monoisotopic (exact) mass is 366 g/mol. The molecule has 0 radical (unpaired) electrons. The van der Waals surface area contributed by atoms with E-state index < -0.39 is 0 Å². The normalized spacial score (nSPS) is 10.9. The predicted octanol–water partition coefficient (Wildman–Crippen LogP) is 2.33. The highest BCUT2D eigenvalue weighted by Gasteiger charge is 2.13. The Bertz CT molecular complexity index is 845. The molecule has 3 aromatic rings. The molecule has 0 unspecified atom stereocenters. The zero-order chi connectivity index (χ0) is 17.6. The molecule has 3 rings (SSSR count). The van der Waals surface area contributed by atoms with Crippen LogP contribution in [0, 0.1) is 0 Å². The first kappa shape index (κ1) is 20.2. The van der Waals surface area contributed by atoms with Crippen LogP contribution in [0.2, 0.25) is 0 Å². The topological polar surface area (TPSA) is 20.3 Å². The van der Waals surface area contributed by atoms with Gasteiger partial charge in [-0.05, 0) is 36.2 Å². The molecule has 0 spiro atoms. The number of carbonyl (C=O) groups excluding carboxylic acids is 1. The van der Waals surface area contributed by atoms with Gasteiger partial charge in [-0.15, -0.1) is 0 Å². The van der Waals surface area contributed by atoms with Gasteiger partial charge in [0.25, 0.3) is 0 Å². The molecule has 0 aliphatic carbocycles. The van der Waals surface area contributed by atoms with Gasteiger partial charge in [0.1, 0.15) is 0 Å². The molecule has 0 amide bonds. The van der Waals surface area contributed by atoms with E-state index in [9.17, 15) is 4.79 Å². The van der Waals surface area contributed by atoms with Crippen molar-refractivity contribution < 1.29 is 17.2 Å². The minimum Gasteiger partial charge on any atom is -1.00 e. The van der Waals surface area contributed by atoms with Gasteiger partial charge >= 0.3 is 0 Å². The summed E-state index contributed by atoms with van der Waals surface area (Å²) in [4.78, 5) is 15.0. The second-order valence-corrected chi connectivity index (χ2v) is 6.78. The molecule has 0 aliphatic heterocycles. The highest BCUT2D eigenvalue weighted by molar-refractivity contribution is 6.00. The van der Waals surface area contributed by atoms with E-state index >= 15 is 0 Å². The first-order chi connectivity index (χ1) is 12.1. The Morgan fingerprint density at radius 1 is 0.885 bits per heavy atom. The molecule has 0 fully saturated rings. The third-order valence-electron chi connectivity index (χ3n) is 4.66. The maximum absolute atomic E-state index is 12.6. The molecule has 0 bridgehead atoms. The Kier molecular flexibility index (Phi) is 7.38. The van der Waals surface area contributed by atoms with Gasteiger partial charge in [-0.2, -0.15) is 0 Å². The van der Waals surface area contributed by atoms with Crippen molar-refractivity contribution in [2.24, 2.45) is 0 Å². The fourth-order valence-electron chi connectivity index (χ4n) is 3.09. The highest BCUT2D eigenvalue weighted by Crippen LogP contribution is 2.17. The van der Waals surface area contributed by atoms with Crippen LogP contribution in [0.5, 0.6) is 0 Å². The average Bonchev–Trinajstić information content (AvgIpc) is 2.65. The number of nitrogens with zero attached hydrogens (tertiary/aromatic N) is 1. The maximum Gasteiger partial charge on any atom is 0.164 e. The molecular formula is C23H25ClNO-. The van der Waals surface area contributed by atoms with E-state index in [1.54, 1.807) is 0 Å². The molecule has 0 heterocycles. The minimum atomic E-state index is 0. The van der Waals surface area contributed by atoms with Crippen molar-refractivity contribution in [1.82, 2.24) is 4.90 Å². The van der Waals surface area contributed by atoms with Crippen molar-refractivity contribution in [3.63, 3.8) is 0 Å². The van der Waals surface area contributed by atoms with Crippen molar-refractivity contribution in [3.05, 3.63) is 83.9 Å². The third kappa shape index (κ3) is 5.17. The summed E-state index contributed by atoms with van der Waals surface area (Å²) in [6, 6.07) is 25.0. The van der Waals surface area contributed by atoms with Crippen molar-refractivity contribution >= 4 is 16.6 Å². The van der Waals surface area contributed by atoms with E-state index in [1.165, 1.54) is 10.9 Å². The number of halogens is 1. The molecule has 0 N–H and O–H groups in total. The zero-order valence-electron chi connectivity index (χ0n) is 15.4. The van der Waals surface area contributed by atoms with Crippen LogP contribution in [0.3, 0.4) is 0 Å². The summed E-state index contributed by atoms with van der Waals surface area (Å²) in [6.45, 7) is 6.02. The van der Waals surface area contributed by atoms with E-state index in [0.717, 1.165) is 24.0 Å². The number of fused-ring (bicyclic) bond motifs is 1. The van der Waals surface area contributed by atoms with E-state index in [0.29, 0.717) is 12.5 Å². The summed E-state index contributed by atoms with van der Waals surface area (Å²) in [5, 5.41) is 2.30. The number of ketones is 1. The van der Waals surface area contributed by atoms with Crippen molar-refractivity contribution in [2.45, 2.75) is 32.9 Å². The van der Waals surface area contributed by atoms with E-state index in [2.05, 4.69) is 55.1 Å². The van der Waals surface area contributed by atoms with Crippen LogP contribution in [-0.4, -0.2) is 23.3 Å². The molecule has 2 nitrogen and oxygen atoms in total. The molecule has 0 aliphatic rings. The van der Waals surface area contributed by atoms with E-state index in [4.69, 9.17) is 0 Å². The Labute approximate surface area is 162 Å². The molecule has 0 atom stereocenters. The molecular weight excluding hydrogens is 342 g/mol. The quantitative estimate of drug-likeness (QED) is 0.598. The second-order valence-electron chi connectivity index (χ2n) is 6.78. The molecule has 0 saturated heterocycles. The van der Waals surface area contributed by atoms with Gasteiger partial charge in [0.2, 0.25) is 0 Å². The number of rotatable bonds is 7. The van der Waals surface area contributed by atoms with Gasteiger partial charge in [-0.1, -0.05) is 66.7 Å². The molecule has 3 heteroatoms. The Morgan fingerprint density at radius 2 is 1.54 bits per heavy atom. The molecule has 0 saturated carbocycles. The Morgan fingerprint density at radius 3 is 2.23 bits per heavy atom. The number of hydrogen-bond acceptors (Lipinski definition) is 2.